The number of hydrogen-bond donors (Lipinski definition) is 1. The van der Waals surface area contributed by atoms with Crippen molar-refractivity contribution in [3.05, 3.63) is 0 Å². The summed E-state index contributed by atoms with van der Waals surface area (Å²) in [7, 11) is 0. The van der Waals surface area contributed by atoms with Crippen molar-refractivity contribution in [2.45, 2.75) is 38.6 Å². The van der Waals surface area contributed by atoms with Crippen LogP contribution in [0.15, 0.2) is 0 Å². The summed E-state index contributed by atoms with van der Waals surface area (Å²) < 4.78 is 5.34. The van der Waals surface area contributed by atoms with Crippen molar-refractivity contribution >= 4 is 0 Å². The van der Waals surface area contributed by atoms with Gasteiger partial charge in [-0.25, -0.2) is 0 Å². The molecule has 2 rings (SSSR count). The third kappa shape index (κ3) is 2.96. The van der Waals surface area contributed by atoms with Gasteiger partial charge in [0.1, 0.15) is 0 Å². The SMILES string of the molecule is CC(NCC1CCOCC1)C1CC1. The summed E-state index contributed by atoms with van der Waals surface area (Å²) in [5.74, 6) is 1.86. The van der Waals surface area contributed by atoms with Crippen LogP contribution in [0.2, 0.25) is 0 Å². The zero-order valence-electron chi connectivity index (χ0n) is 8.59. The van der Waals surface area contributed by atoms with E-state index in [9.17, 15) is 0 Å². The molecular weight excluding hydrogens is 162 g/mol. The van der Waals surface area contributed by atoms with E-state index < -0.39 is 0 Å². The lowest BCUT2D eigenvalue weighted by molar-refractivity contribution is 0.0654. The summed E-state index contributed by atoms with van der Waals surface area (Å²) in [6, 6.07) is 0.753. The number of rotatable bonds is 4. The van der Waals surface area contributed by atoms with Crippen molar-refractivity contribution in [2.75, 3.05) is 19.8 Å². The van der Waals surface area contributed by atoms with Gasteiger partial charge in [0, 0.05) is 19.3 Å². The molecule has 2 aliphatic rings. The van der Waals surface area contributed by atoms with Crippen molar-refractivity contribution in [2.24, 2.45) is 11.8 Å². The molecule has 0 aromatic rings. The molecule has 1 N–H and O–H groups in total. The molecule has 0 aromatic heterocycles. The molecule has 0 bridgehead atoms. The van der Waals surface area contributed by atoms with Crippen molar-refractivity contribution in [1.82, 2.24) is 5.32 Å². The summed E-state index contributed by atoms with van der Waals surface area (Å²) in [4.78, 5) is 0. The Hall–Kier alpha value is -0.0800. The first-order chi connectivity index (χ1) is 6.36. The first-order valence-corrected chi connectivity index (χ1v) is 5.67. The van der Waals surface area contributed by atoms with Gasteiger partial charge in [-0.2, -0.15) is 0 Å². The minimum Gasteiger partial charge on any atom is -0.381 e. The normalized spacial score (nSPS) is 27.5. The minimum atomic E-state index is 0.753. The van der Waals surface area contributed by atoms with E-state index in [-0.39, 0.29) is 0 Å². The van der Waals surface area contributed by atoms with Crippen LogP contribution in [-0.4, -0.2) is 25.8 Å². The summed E-state index contributed by atoms with van der Waals surface area (Å²) in [6.45, 7) is 5.49. The topological polar surface area (TPSA) is 21.3 Å². The Bertz CT molecular complexity index is 150. The lowest BCUT2D eigenvalue weighted by atomic mass is 10.00. The van der Waals surface area contributed by atoms with Crippen LogP contribution in [0.3, 0.4) is 0 Å². The van der Waals surface area contributed by atoms with E-state index in [1.807, 2.05) is 0 Å². The molecule has 1 saturated carbocycles. The summed E-state index contributed by atoms with van der Waals surface area (Å²) in [5, 5.41) is 3.66. The molecule has 1 aliphatic heterocycles. The summed E-state index contributed by atoms with van der Waals surface area (Å²) >= 11 is 0. The number of ether oxygens (including phenoxy) is 1. The Morgan fingerprint density at radius 2 is 1.92 bits per heavy atom. The Labute approximate surface area is 81.0 Å². The highest BCUT2D eigenvalue weighted by atomic mass is 16.5. The van der Waals surface area contributed by atoms with E-state index in [4.69, 9.17) is 4.74 Å². The van der Waals surface area contributed by atoms with Crippen LogP contribution >= 0.6 is 0 Å². The van der Waals surface area contributed by atoms with E-state index in [2.05, 4.69) is 12.2 Å². The second-order valence-corrected chi connectivity index (χ2v) is 4.59. The molecule has 2 heteroatoms. The van der Waals surface area contributed by atoms with Crippen molar-refractivity contribution in [3.8, 4) is 0 Å². The molecule has 0 spiro atoms. The van der Waals surface area contributed by atoms with Crippen LogP contribution in [0.4, 0.5) is 0 Å². The van der Waals surface area contributed by atoms with Gasteiger partial charge in [0.25, 0.3) is 0 Å². The molecule has 1 atom stereocenters. The predicted molar refractivity (Wildman–Crippen MR) is 53.7 cm³/mol. The van der Waals surface area contributed by atoms with E-state index in [0.29, 0.717) is 0 Å². The average molecular weight is 183 g/mol. The molecule has 13 heavy (non-hydrogen) atoms. The van der Waals surface area contributed by atoms with E-state index in [1.165, 1.54) is 32.2 Å². The monoisotopic (exact) mass is 183 g/mol. The smallest absolute Gasteiger partial charge is 0.0469 e. The molecule has 0 amide bonds. The van der Waals surface area contributed by atoms with E-state index in [0.717, 1.165) is 31.1 Å². The third-order valence-electron chi connectivity index (χ3n) is 3.40. The lowest BCUT2D eigenvalue weighted by Crippen LogP contribution is -2.34. The quantitative estimate of drug-likeness (QED) is 0.717. The highest BCUT2D eigenvalue weighted by Gasteiger charge is 2.28. The van der Waals surface area contributed by atoms with E-state index in [1.54, 1.807) is 0 Å². The maximum atomic E-state index is 5.34. The van der Waals surface area contributed by atoms with Gasteiger partial charge >= 0.3 is 0 Å². The molecule has 2 nitrogen and oxygen atoms in total. The fourth-order valence-electron chi connectivity index (χ4n) is 2.07. The maximum Gasteiger partial charge on any atom is 0.0469 e. The summed E-state index contributed by atoms with van der Waals surface area (Å²) in [6.07, 6.45) is 5.40. The van der Waals surface area contributed by atoms with Gasteiger partial charge in [-0.3, -0.25) is 0 Å². The largest absolute Gasteiger partial charge is 0.381 e. The standard InChI is InChI=1S/C11H21NO/c1-9(11-2-3-11)12-8-10-4-6-13-7-5-10/h9-12H,2-8H2,1H3. The predicted octanol–water partition coefficient (Wildman–Crippen LogP) is 1.80. The van der Waals surface area contributed by atoms with Gasteiger partial charge in [-0.1, -0.05) is 0 Å². The molecule has 0 radical (unpaired) electrons. The highest BCUT2D eigenvalue weighted by Crippen LogP contribution is 2.32. The van der Waals surface area contributed by atoms with Gasteiger partial charge in [-0.15, -0.1) is 0 Å². The van der Waals surface area contributed by atoms with Gasteiger partial charge < -0.3 is 10.1 Å². The maximum absolute atomic E-state index is 5.34. The number of hydrogen-bond acceptors (Lipinski definition) is 2. The number of nitrogens with one attached hydrogen (secondary N) is 1. The molecule has 0 aromatic carbocycles. The molecule has 1 unspecified atom stereocenters. The fraction of sp³-hybridized carbons (Fsp3) is 1.00. The van der Waals surface area contributed by atoms with Gasteiger partial charge in [0.15, 0.2) is 0 Å². The van der Waals surface area contributed by atoms with Crippen LogP contribution in [0.1, 0.15) is 32.6 Å². The third-order valence-corrected chi connectivity index (χ3v) is 3.40. The Balaban J connectivity index is 1.60. The molecule has 76 valence electrons. The first kappa shape index (κ1) is 9.47. The second-order valence-electron chi connectivity index (χ2n) is 4.59. The Morgan fingerprint density at radius 1 is 1.23 bits per heavy atom. The van der Waals surface area contributed by atoms with Crippen LogP contribution in [0.5, 0.6) is 0 Å². The van der Waals surface area contributed by atoms with Crippen molar-refractivity contribution in [1.29, 1.82) is 0 Å². The van der Waals surface area contributed by atoms with E-state index >= 15 is 0 Å². The molecule has 1 aliphatic carbocycles. The van der Waals surface area contributed by atoms with Gasteiger partial charge in [0.2, 0.25) is 0 Å². The van der Waals surface area contributed by atoms with Crippen molar-refractivity contribution < 1.29 is 4.74 Å². The molecule has 2 fully saturated rings. The summed E-state index contributed by atoms with van der Waals surface area (Å²) in [5.41, 5.74) is 0. The first-order valence-electron chi connectivity index (χ1n) is 5.67. The fourth-order valence-corrected chi connectivity index (χ4v) is 2.07. The molecule has 1 heterocycles. The minimum absolute atomic E-state index is 0.753. The van der Waals surface area contributed by atoms with Crippen LogP contribution < -0.4 is 5.32 Å². The average Bonchev–Trinajstić information content (AvgIpc) is 2.99. The van der Waals surface area contributed by atoms with Crippen molar-refractivity contribution in [3.63, 3.8) is 0 Å². The molecule has 1 saturated heterocycles. The van der Waals surface area contributed by atoms with Gasteiger partial charge in [0.05, 0.1) is 0 Å². The van der Waals surface area contributed by atoms with Gasteiger partial charge in [-0.05, 0) is 51.0 Å². The van der Waals surface area contributed by atoms with Crippen LogP contribution in [-0.2, 0) is 4.74 Å². The zero-order valence-corrected chi connectivity index (χ0v) is 8.59. The highest BCUT2D eigenvalue weighted by molar-refractivity contribution is 4.83. The second kappa shape index (κ2) is 4.43. The lowest BCUT2D eigenvalue weighted by Gasteiger charge is -2.24. The Kier molecular flexibility index (Phi) is 3.23. The zero-order chi connectivity index (χ0) is 9.10. The van der Waals surface area contributed by atoms with Crippen LogP contribution in [0, 0.1) is 11.8 Å². The van der Waals surface area contributed by atoms with Crippen LogP contribution in [0.25, 0.3) is 0 Å². The molecular formula is C11H21NO. The Morgan fingerprint density at radius 3 is 2.54 bits per heavy atom.